The molecule has 1 fully saturated rings. The number of anilines is 1. The van der Waals surface area contributed by atoms with Gasteiger partial charge in [0.2, 0.25) is 0 Å². The number of nitrogens with zero attached hydrogens (tertiary/aromatic N) is 3. The number of piperidine rings is 1. The maximum atomic E-state index is 11.3. The summed E-state index contributed by atoms with van der Waals surface area (Å²) in [4.78, 5) is 21.7. The minimum absolute atomic E-state index is 0.105. The highest BCUT2D eigenvalue weighted by Gasteiger charge is 2.34. The Morgan fingerprint density at radius 1 is 1.21 bits per heavy atom. The van der Waals surface area contributed by atoms with E-state index in [9.17, 15) is 9.90 Å². The molecule has 0 spiro atoms. The quantitative estimate of drug-likeness (QED) is 0.866. The molecule has 1 aromatic heterocycles. The van der Waals surface area contributed by atoms with Crippen molar-refractivity contribution in [3.8, 4) is 0 Å². The summed E-state index contributed by atoms with van der Waals surface area (Å²) < 4.78 is 0. The Labute approximate surface area is 141 Å². The van der Waals surface area contributed by atoms with E-state index in [2.05, 4.69) is 27.0 Å². The Hall–Kier alpha value is -2.47. The van der Waals surface area contributed by atoms with E-state index in [1.807, 2.05) is 18.2 Å². The third-order valence-electron chi connectivity index (χ3n) is 4.78. The van der Waals surface area contributed by atoms with Gasteiger partial charge in [-0.1, -0.05) is 30.3 Å². The van der Waals surface area contributed by atoms with Crippen LogP contribution in [-0.2, 0) is 6.42 Å². The third kappa shape index (κ3) is 3.54. The van der Waals surface area contributed by atoms with Gasteiger partial charge in [0.1, 0.15) is 11.5 Å². The van der Waals surface area contributed by atoms with Crippen LogP contribution in [0, 0.1) is 5.41 Å². The van der Waals surface area contributed by atoms with E-state index in [4.69, 9.17) is 5.73 Å². The molecular weight excluding hydrogens is 304 g/mol. The maximum Gasteiger partial charge on any atom is 0.268 e. The molecule has 2 aromatic rings. The predicted molar refractivity (Wildman–Crippen MR) is 91.7 cm³/mol. The summed E-state index contributed by atoms with van der Waals surface area (Å²) in [7, 11) is 0. The average molecular weight is 326 g/mol. The molecule has 3 rings (SSSR count). The van der Waals surface area contributed by atoms with Crippen molar-refractivity contribution in [2.45, 2.75) is 19.3 Å². The Morgan fingerprint density at radius 3 is 2.54 bits per heavy atom. The average Bonchev–Trinajstić information content (AvgIpc) is 2.63. The summed E-state index contributed by atoms with van der Waals surface area (Å²) >= 11 is 0. The van der Waals surface area contributed by atoms with E-state index in [1.54, 1.807) is 6.20 Å². The number of amides is 1. The van der Waals surface area contributed by atoms with Crippen LogP contribution in [0.4, 0.5) is 5.82 Å². The number of carbonyl (C=O) groups is 1. The zero-order chi connectivity index (χ0) is 17.0. The highest BCUT2D eigenvalue weighted by Crippen LogP contribution is 2.35. The lowest BCUT2D eigenvalue weighted by Crippen LogP contribution is -2.43. The number of nitrogens with two attached hydrogens (primary N) is 1. The molecule has 1 amide bonds. The molecule has 6 nitrogen and oxygen atoms in total. The molecule has 0 saturated carbocycles. The zero-order valence-electron chi connectivity index (χ0n) is 13.6. The molecule has 1 aliphatic heterocycles. The Morgan fingerprint density at radius 2 is 1.92 bits per heavy atom. The molecule has 0 atom stereocenters. The number of aromatic nitrogens is 2. The first kappa shape index (κ1) is 16.4. The van der Waals surface area contributed by atoms with E-state index in [1.165, 1.54) is 11.8 Å². The summed E-state index contributed by atoms with van der Waals surface area (Å²) in [6, 6.07) is 10.3. The molecule has 6 heteroatoms. The topological polar surface area (TPSA) is 92.3 Å². The lowest BCUT2D eigenvalue weighted by atomic mass is 9.74. The van der Waals surface area contributed by atoms with Crippen LogP contribution in [0.25, 0.3) is 0 Å². The smallest absolute Gasteiger partial charge is 0.268 e. The fraction of sp³-hybridized carbons (Fsp3) is 0.389. The number of aliphatic hydroxyl groups excluding tert-OH is 1. The minimum atomic E-state index is -0.574. The van der Waals surface area contributed by atoms with Gasteiger partial charge >= 0.3 is 0 Å². The lowest BCUT2D eigenvalue weighted by molar-refractivity contribution is 0.0960. The fourth-order valence-electron chi connectivity index (χ4n) is 3.26. The highest BCUT2D eigenvalue weighted by atomic mass is 16.3. The van der Waals surface area contributed by atoms with E-state index >= 15 is 0 Å². The number of primary amides is 1. The Bertz CT molecular complexity index is 697. The highest BCUT2D eigenvalue weighted by molar-refractivity contribution is 5.90. The SMILES string of the molecule is NC(=O)c1cncc(N2CCC(CO)(Cc3ccccc3)CC2)n1. The van der Waals surface area contributed by atoms with Crippen molar-refractivity contribution in [2.24, 2.45) is 11.1 Å². The van der Waals surface area contributed by atoms with Crippen LogP contribution >= 0.6 is 0 Å². The van der Waals surface area contributed by atoms with Gasteiger partial charge in [0.15, 0.2) is 0 Å². The van der Waals surface area contributed by atoms with Crippen molar-refractivity contribution in [2.75, 3.05) is 24.6 Å². The van der Waals surface area contributed by atoms with Crippen molar-refractivity contribution >= 4 is 11.7 Å². The zero-order valence-corrected chi connectivity index (χ0v) is 13.6. The fourth-order valence-corrected chi connectivity index (χ4v) is 3.26. The van der Waals surface area contributed by atoms with Crippen LogP contribution in [0.5, 0.6) is 0 Å². The van der Waals surface area contributed by atoms with Gasteiger partial charge < -0.3 is 15.7 Å². The number of hydrogen-bond acceptors (Lipinski definition) is 5. The van der Waals surface area contributed by atoms with Crippen LogP contribution < -0.4 is 10.6 Å². The predicted octanol–water partition coefficient (Wildman–Crippen LogP) is 1.40. The minimum Gasteiger partial charge on any atom is -0.396 e. The Balaban J connectivity index is 1.70. The number of benzene rings is 1. The van der Waals surface area contributed by atoms with Gasteiger partial charge in [0.05, 0.1) is 12.4 Å². The number of hydrogen-bond donors (Lipinski definition) is 2. The lowest BCUT2D eigenvalue weighted by Gasteiger charge is -2.41. The van der Waals surface area contributed by atoms with Gasteiger partial charge in [-0.15, -0.1) is 0 Å². The van der Waals surface area contributed by atoms with Gasteiger partial charge in [-0.2, -0.15) is 0 Å². The molecule has 24 heavy (non-hydrogen) atoms. The van der Waals surface area contributed by atoms with Crippen molar-refractivity contribution in [1.29, 1.82) is 0 Å². The van der Waals surface area contributed by atoms with E-state index in [0.29, 0.717) is 5.82 Å². The first-order valence-corrected chi connectivity index (χ1v) is 8.13. The molecule has 0 bridgehead atoms. The second-order valence-electron chi connectivity index (χ2n) is 6.43. The van der Waals surface area contributed by atoms with E-state index in [-0.39, 0.29) is 17.7 Å². The second-order valence-corrected chi connectivity index (χ2v) is 6.43. The van der Waals surface area contributed by atoms with Crippen LogP contribution in [0.1, 0.15) is 28.9 Å². The third-order valence-corrected chi connectivity index (χ3v) is 4.78. The summed E-state index contributed by atoms with van der Waals surface area (Å²) in [5.41, 5.74) is 6.59. The van der Waals surface area contributed by atoms with E-state index < -0.39 is 5.91 Å². The van der Waals surface area contributed by atoms with Gasteiger partial charge in [-0.3, -0.25) is 9.78 Å². The van der Waals surface area contributed by atoms with Crippen molar-refractivity contribution in [1.82, 2.24) is 9.97 Å². The summed E-state index contributed by atoms with van der Waals surface area (Å²) in [5.74, 6) is 0.0905. The van der Waals surface area contributed by atoms with Crippen LogP contribution in [-0.4, -0.2) is 40.7 Å². The molecule has 1 aromatic carbocycles. The molecule has 1 saturated heterocycles. The second kappa shape index (κ2) is 6.97. The molecule has 0 radical (unpaired) electrons. The monoisotopic (exact) mass is 326 g/mol. The first-order chi connectivity index (χ1) is 11.6. The molecule has 0 unspecified atom stereocenters. The molecular formula is C18H22N4O2. The standard InChI is InChI=1S/C18H22N4O2/c19-17(24)15-11-20-12-16(21-15)22-8-6-18(13-23,7-9-22)10-14-4-2-1-3-5-14/h1-5,11-12,23H,6-10,13H2,(H2,19,24). The van der Waals surface area contributed by atoms with Gasteiger partial charge in [-0.25, -0.2) is 4.98 Å². The number of rotatable bonds is 5. The summed E-state index contributed by atoms with van der Waals surface area (Å²) in [5, 5.41) is 9.97. The van der Waals surface area contributed by atoms with Gasteiger partial charge in [-0.05, 0) is 24.8 Å². The number of carbonyl (C=O) groups excluding carboxylic acids is 1. The Kier molecular flexibility index (Phi) is 4.76. The molecule has 2 heterocycles. The van der Waals surface area contributed by atoms with Crippen molar-refractivity contribution in [3.05, 3.63) is 54.0 Å². The van der Waals surface area contributed by atoms with Gasteiger partial charge in [0.25, 0.3) is 5.91 Å². The van der Waals surface area contributed by atoms with E-state index in [0.717, 1.165) is 32.4 Å². The van der Waals surface area contributed by atoms with Gasteiger partial charge in [0, 0.05) is 25.1 Å². The maximum absolute atomic E-state index is 11.3. The molecule has 1 aliphatic rings. The van der Waals surface area contributed by atoms with Crippen LogP contribution in [0.15, 0.2) is 42.7 Å². The van der Waals surface area contributed by atoms with Crippen LogP contribution in [0.2, 0.25) is 0 Å². The molecule has 0 aliphatic carbocycles. The van der Waals surface area contributed by atoms with Crippen LogP contribution in [0.3, 0.4) is 0 Å². The summed E-state index contributed by atoms with van der Waals surface area (Å²) in [6.07, 6.45) is 5.62. The first-order valence-electron chi connectivity index (χ1n) is 8.13. The molecule has 126 valence electrons. The van der Waals surface area contributed by atoms with Crippen molar-refractivity contribution in [3.63, 3.8) is 0 Å². The molecule has 3 N–H and O–H groups in total. The number of aliphatic hydroxyl groups is 1. The van der Waals surface area contributed by atoms with Crippen molar-refractivity contribution < 1.29 is 9.90 Å². The summed E-state index contributed by atoms with van der Waals surface area (Å²) in [6.45, 7) is 1.71. The largest absolute Gasteiger partial charge is 0.396 e. The normalized spacial score (nSPS) is 16.8.